The predicted molar refractivity (Wildman–Crippen MR) is 87.6 cm³/mol. The molecule has 0 bridgehead atoms. The Morgan fingerprint density at radius 2 is 2.16 bits per heavy atom. The second-order valence-electron chi connectivity index (χ2n) is 5.51. The molecule has 1 heterocycles. The second kappa shape index (κ2) is 7.75. The van der Waals surface area contributed by atoms with Crippen LogP contribution in [-0.4, -0.2) is 45.4 Å². The molecule has 0 saturated heterocycles. The van der Waals surface area contributed by atoms with Gasteiger partial charge in [0, 0.05) is 6.92 Å². The zero-order valence-corrected chi connectivity index (χ0v) is 14.1. The number of nitro groups is 1. The highest BCUT2D eigenvalue weighted by atomic mass is 16.6. The molecule has 9 nitrogen and oxygen atoms in total. The van der Waals surface area contributed by atoms with Crippen molar-refractivity contribution in [3.8, 4) is 5.75 Å². The molecule has 0 amide bonds. The summed E-state index contributed by atoms with van der Waals surface area (Å²) < 4.78 is 11.7. The lowest BCUT2D eigenvalue weighted by Crippen LogP contribution is -2.24. The summed E-state index contributed by atoms with van der Waals surface area (Å²) in [7, 11) is 1.28. The van der Waals surface area contributed by atoms with Gasteiger partial charge in [0.25, 0.3) is 0 Å². The second-order valence-corrected chi connectivity index (χ2v) is 5.51. The van der Waals surface area contributed by atoms with Crippen LogP contribution in [0, 0.1) is 24.0 Å². The Morgan fingerprint density at radius 3 is 2.76 bits per heavy atom. The zero-order chi connectivity index (χ0) is 18.6. The maximum atomic E-state index is 11.8. The Bertz CT molecular complexity index is 786. The largest absolute Gasteiger partial charge is 0.490 e. The number of aliphatic hydroxyl groups is 1. The van der Waals surface area contributed by atoms with E-state index in [-0.39, 0.29) is 24.5 Å². The highest BCUT2D eigenvalue weighted by Crippen LogP contribution is 2.21. The van der Waals surface area contributed by atoms with E-state index in [4.69, 9.17) is 9.47 Å². The third kappa shape index (κ3) is 4.54. The summed E-state index contributed by atoms with van der Waals surface area (Å²) >= 11 is 0. The number of aliphatic hydroxyl groups excluding tert-OH is 1. The van der Waals surface area contributed by atoms with Crippen LogP contribution in [0.25, 0.3) is 0 Å². The van der Waals surface area contributed by atoms with Crippen molar-refractivity contribution < 1.29 is 24.3 Å². The van der Waals surface area contributed by atoms with Crippen LogP contribution in [0.1, 0.15) is 21.7 Å². The minimum atomic E-state index is -0.945. The first-order valence-corrected chi connectivity index (χ1v) is 7.49. The smallest absolute Gasteiger partial charge is 0.381 e. The van der Waals surface area contributed by atoms with E-state index in [0.29, 0.717) is 11.6 Å². The lowest BCUT2D eigenvalue weighted by atomic mass is 10.1. The summed E-state index contributed by atoms with van der Waals surface area (Å²) in [5.74, 6) is -0.104. The Kier molecular flexibility index (Phi) is 5.71. The van der Waals surface area contributed by atoms with Gasteiger partial charge in [0.05, 0.1) is 13.7 Å². The average Bonchev–Trinajstić information content (AvgIpc) is 2.94. The topological polar surface area (TPSA) is 117 Å². The first-order chi connectivity index (χ1) is 11.8. The Labute approximate surface area is 144 Å². The molecule has 1 aromatic heterocycles. The Hall–Kier alpha value is -2.94. The standard InChI is InChI=1S/C16H19N3O6/c1-10-4-5-14(13(6-10)16(21)24-3)25-9-12(20)7-18-8-15(19(22)23)17-11(18)2/h4-6,8,12,20H,7,9H2,1-3H3. The number of hydrogen-bond donors (Lipinski definition) is 1. The van der Waals surface area contributed by atoms with Crippen LogP contribution in [0.5, 0.6) is 5.75 Å². The number of nitrogens with zero attached hydrogens (tertiary/aromatic N) is 3. The van der Waals surface area contributed by atoms with Crippen LogP contribution in [0.2, 0.25) is 0 Å². The van der Waals surface area contributed by atoms with E-state index in [1.807, 2.05) is 6.92 Å². The number of aryl methyl sites for hydroxylation is 2. The summed E-state index contributed by atoms with van der Waals surface area (Å²) in [6.07, 6.45) is 0.309. The van der Waals surface area contributed by atoms with Crippen molar-refractivity contribution in [1.82, 2.24) is 9.55 Å². The number of aromatic nitrogens is 2. The summed E-state index contributed by atoms with van der Waals surface area (Å²) in [6, 6.07) is 5.04. The number of benzene rings is 1. The molecule has 0 saturated carbocycles. The van der Waals surface area contributed by atoms with Crippen LogP contribution >= 0.6 is 0 Å². The molecule has 0 fully saturated rings. The summed E-state index contributed by atoms with van der Waals surface area (Å²) in [6.45, 7) is 3.42. The normalized spacial score (nSPS) is 11.8. The van der Waals surface area contributed by atoms with Gasteiger partial charge in [-0.2, -0.15) is 0 Å². The van der Waals surface area contributed by atoms with Crippen molar-refractivity contribution in [2.45, 2.75) is 26.5 Å². The van der Waals surface area contributed by atoms with E-state index < -0.39 is 17.0 Å². The number of esters is 1. The molecule has 0 aliphatic rings. The van der Waals surface area contributed by atoms with Crippen molar-refractivity contribution in [2.24, 2.45) is 0 Å². The third-order valence-electron chi connectivity index (χ3n) is 3.53. The van der Waals surface area contributed by atoms with E-state index in [0.717, 1.165) is 5.56 Å². The molecule has 9 heteroatoms. The zero-order valence-electron chi connectivity index (χ0n) is 14.1. The molecule has 134 valence electrons. The fourth-order valence-electron chi connectivity index (χ4n) is 2.27. The molecular weight excluding hydrogens is 330 g/mol. The first kappa shape index (κ1) is 18.4. The molecule has 0 radical (unpaired) electrons. The summed E-state index contributed by atoms with van der Waals surface area (Å²) in [4.78, 5) is 25.7. The number of carbonyl (C=O) groups excluding carboxylic acids is 1. The van der Waals surface area contributed by atoms with Crippen molar-refractivity contribution >= 4 is 11.8 Å². The van der Waals surface area contributed by atoms with E-state index in [2.05, 4.69) is 4.98 Å². The van der Waals surface area contributed by atoms with Gasteiger partial charge in [-0.05, 0) is 29.0 Å². The maximum Gasteiger partial charge on any atom is 0.381 e. The molecule has 0 aliphatic carbocycles. The van der Waals surface area contributed by atoms with Gasteiger partial charge in [-0.15, -0.1) is 0 Å². The highest BCUT2D eigenvalue weighted by Gasteiger charge is 2.19. The molecule has 2 rings (SSSR count). The van der Waals surface area contributed by atoms with E-state index in [9.17, 15) is 20.0 Å². The van der Waals surface area contributed by atoms with Crippen LogP contribution in [0.3, 0.4) is 0 Å². The van der Waals surface area contributed by atoms with E-state index in [1.54, 1.807) is 25.1 Å². The lowest BCUT2D eigenvalue weighted by Gasteiger charge is -2.15. The predicted octanol–water partition coefficient (Wildman–Crippen LogP) is 1.63. The van der Waals surface area contributed by atoms with Gasteiger partial charge in [-0.3, -0.25) is 0 Å². The minimum absolute atomic E-state index is 0.0755. The highest BCUT2D eigenvalue weighted by molar-refractivity contribution is 5.92. The molecule has 25 heavy (non-hydrogen) atoms. The number of carbonyl (C=O) groups is 1. The molecule has 0 aliphatic heterocycles. The number of hydrogen-bond acceptors (Lipinski definition) is 7. The van der Waals surface area contributed by atoms with Crippen molar-refractivity contribution in [3.63, 3.8) is 0 Å². The minimum Gasteiger partial charge on any atom is -0.490 e. The monoisotopic (exact) mass is 349 g/mol. The van der Waals surface area contributed by atoms with Crippen molar-refractivity contribution in [2.75, 3.05) is 13.7 Å². The summed E-state index contributed by atoms with van der Waals surface area (Å²) in [5.41, 5.74) is 1.14. The third-order valence-corrected chi connectivity index (χ3v) is 3.53. The van der Waals surface area contributed by atoms with Gasteiger partial charge in [0.15, 0.2) is 0 Å². The van der Waals surface area contributed by atoms with Gasteiger partial charge in [0.1, 0.15) is 30.2 Å². The molecular formula is C16H19N3O6. The first-order valence-electron chi connectivity index (χ1n) is 7.49. The number of rotatable bonds is 7. The lowest BCUT2D eigenvalue weighted by molar-refractivity contribution is -0.389. The Morgan fingerprint density at radius 1 is 1.44 bits per heavy atom. The average molecular weight is 349 g/mol. The molecule has 1 aromatic carbocycles. The quantitative estimate of drug-likeness (QED) is 0.459. The van der Waals surface area contributed by atoms with Crippen molar-refractivity contribution in [1.29, 1.82) is 0 Å². The number of imidazole rings is 1. The van der Waals surface area contributed by atoms with E-state index >= 15 is 0 Å². The molecule has 1 atom stereocenters. The maximum absolute atomic E-state index is 11.8. The van der Waals surface area contributed by atoms with Gasteiger partial charge >= 0.3 is 11.8 Å². The Balaban J connectivity index is 2.04. The molecule has 0 spiro atoms. The van der Waals surface area contributed by atoms with Gasteiger partial charge < -0.3 is 29.3 Å². The molecule has 2 aromatic rings. The fourth-order valence-corrected chi connectivity index (χ4v) is 2.27. The van der Waals surface area contributed by atoms with Crippen LogP contribution in [0.15, 0.2) is 24.4 Å². The van der Waals surface area contributed by atoms with Gasteiger partial charge in [-0.25, -0.2) is 4.79 Å². The van der Waals surface area contributed by atoms with Gasteiger partial charge in [-0.1, -0.05) is 11.6 Å². The van der Waals surface area contributed by atoms with Crippen LogP contribution < -0.4 is 4.74 Å². The van der Waals surface area contributed by atoms with Crippen LogP contribution in [0.4, 0.5) is 5.82 Å². The van der Waals surface area contributed by atoms with Gasteiger partial charge in [0.2, 0.25) is 5.82 Å². The van der Waals surface area contributed by atoms with Crippen molar-refractivity contribution in [3.05, 3.63) is 51.5 Å². The number of methoxy groups -OCH3 is 1. The fraction of sp³-hybridized carbons (Fsp3) is 0.375. The SMILES string of the molecule is COC(=O)c1cc(C)ccc1OCC(O)Cn1cc([N+](=O)[O-])nc1C. The van der Waals surface area contributed by atoms with Crippen LogP contribution in [-0.2, 0) is 11.3 Å². The number of ether oxygens (including phenoxy) is 2. The molecule has 1 unspecified atom stereocenters. The molecule has 1 N–H and O–H groups in total. The van der Waals surface area contributed by atoms with E-state index in [1.165, 1.54) is 17.9 Å². The summed E-state index contributed by atoms with van der Waals surface area (Å²) in [5, 5.41) is 20.8.